The lowest BCUT2D eigenvalue weighted by atomic mass is 10.1. The number of aryl methyl sites for hydroxylation is 1. The molecule has 0 spiro atoms. The van der Waals surface area contributed by atoms with Crippen molar-refractivity contribution in [3.8, 4) is 0 Å². The molecule has 0 unspecified atom stereocenters. The second kappa shape index (κ2) is 8.85. The monoisotopic (exact) mass is 385 g/mol. The Bertz CT molecular complexity index is 977. The van der Waals surface area contributed by atoms with Crippen LogP contribution in [0.25, 0.3) is 10.9 Å². The number of aromatic amines is 1. The van der Waals surface area contributed by atoms with Crippen molar-refractivity contribution in [3.05, 3.63) is 45.5 Å². The normalized spacial score (nSPS) is 11.2. The second-order valence-electron chi connectivity index (χ2n) is 6.39. The number of para-hydroxylation sites is 1. The maximum Gasteiger partial charge on any atom is 0.258 e. The quantitative estimate of drug-likeness (QED) is 0.616. The first-order chi connectivity index (χ1) is 13.1. The van der Waals surface area contributed by atoms with Gasteiger partial charge in [0.1, 0.15) is 10.8 Å². The number of fused-ring (bicyclic) bond motifs is 1. The predicted octanol–water partition coefficient (Wildman–Crippen LogP) is 3.64. The number of amides is 1. The van der Waals surface area contributed by atoms with Crippen LogP contribution < -0.4 is 10.9 Å². The maximum atomic E-state index is 12.1. The number of H-pyrrole nitrogens is 1. The molecule has 0 atom stereocenters. The number of rotatable bonds is 8. The number of hydrogen-bond acceptors (Lipinski definition) is 6. The van der Waals surface area contributed by atoms with E-state index in [0.29, 0.717) is 47.0 Å². The van der Waals surface area contributed by atoms with Crippen molar-refractivity contribution in [2.45, 2.75) is 51.9 Å². The van der Waals surface area contributed by atoms with Crippen LogP contribution in [0.5, 0.6) is 0 Å². The average Bonchev–Trinajstić information content (AvgIpc) is 3.11. The molecule has 3 rings (SSSR count). The highest BCUT2D eigenvalue weighted by Gasteiger charge is 2.14. The van der Waals surface area contributed by atoms with Gasteiger partial charge in [-0.25, -0.2) is 4.98 Å². The Morgan fingerprint density at radius 1 is 1.22 bits per heavy atom. The summed E-state index contributed by atoms with van der Waals surface area (Å²) in [5.41, 5.74) is 0.520. The van der Waals surface area contributed by atoms with Crippen molar-refractivity contribution in [2.75, 3.05) is 5.32 Å². The summed E-state index contributed by atoms with van der Waals surface area (Å²) in [5, 5.41) is 13.1. The summed E-state index contributed by atoms with van der Waals surface area (Å²) < 4.78 is 0. The van der Waals surface area contributed by atoms with E-state index in [1.165, 1.54) is 11.3 Å². The molecule has 0 aliphatic heterocycles. The van der Waals surface area contributed by atoms with Gasteiger partial charge in [-0.15, -0.1) is 10.2 Å². The summed E-state index contributed by atoms with van der Waals surface area (Å²) in [4.78, 5) is 31.4. The van der Waals surface area contributed by atoms with Crippen LogP contribution in [-0.4, -0.2) is 26.1 Å². The number of carbonyl (C=O) groups is 1. The van der Waals surface area contributed by atoms with Crippen LogP contribution in [0.1, 0.15) is 56.3 Å². The van der Waals surface area contributed by atoms with E-state index in [1.807, 2.05) is 18.2 Å². The van der Waals surface area contributed by atoms with Crippen molar-refractivity contribution in [2.24, 2.45) is 0 Å². The molecular weight excluding hydrogens is 362 g/mol. The zero-order valence-corrected chi connectivity index (χ0v) is 16.3. The predicted molar refractivity (Wildman–Crippen MR) is 107 cm³/mol. The molecule has 1 aromatic carbocycles. The van der Waals surface area contributed by atoms with Gasteiger partial charge < -0.3 is 10.3 Å². The van der Waals surface area contributed by atoms with Gasteiger partial charge in [-0.3, -0.25) is 9.59 Å². The van der Waals surface area contributed by atoms with Gasteiger partial charge in [0, 0.05) is 18.8 Å². The fourth-order valence-electron chi connectivity index (χ4n) is 2.94. The minimum absolute atomic E-state index is 0.106. The van der Waals surface area contributed by atoms with Gasteiger partial charge in [-0.2, -0.15) is 0 Å². The summed E-state index contributed by atoms with van der Waals surface area (Å²) in [7, 11) is 0. The summed E-state index contributed by atoms with van der Waals surface area (Å²) in [5.74, 6) is 0.882. The minimum Gasteiger partial charge on any atom is -0.310 e. The molecule has 0 aliphatic carbocycles. The second-order valence-corrected chi connectivity index (χ2v) is 7.40. The van der Waals surface area contributed by atoms with Crippen LogP contribution in [0.3, 0.4) is 0 Å². The third kappa shape index (κ3) is 4.77. The lowest BCUT2D eigenvalue weighted by Gasteiger charge is -2.06. The van der Waals surface area contributed by atoms with Gasteiger partial charge >= 0.3 is 0 Å². The van der Waals surface area contributed by atoms with E-state index in [9.17, 15) is 9.59 Å². The zero-order valence-electron chi connectivity index (χ0n) is 15.5. The van der Waals surface area contributed by atoms with Gasteiger partial charge in [-0.1, -0.05) is 37.3 Å². The number of anilines is 1. The Kier molecular flexibility index (Phi) is 6.28. The van der Waals surface area contributed by atoms with E-state index in [0.717, 1.165) is 17.8 Å². The Morgan fingerprint density at radius 3 is 2.78 bits per heavy atom. The molecule has 2 heterocycles. The highest BCUT2D eigenvalue weighted by molar-refractivity contribution is 7.15. The zero-order chi connectivity index (χ0) is 19.2. The third-order valence-corrected chi connectivity index (χ3v) is 5.50. The van der Waals surface area contributed by atoms with Crippen molar-refractivity contribution < 1.29 is 4.79 Å². The average molecular weight is 385 g/mol. The first-order valence-electron chi connectivity index (χ1n) is 9.21. The van der Waals surface area contributed by atoms with Gasteiger partial charge in [0.15, 0.2) is 0 Å². The van der Waals surface area contributed by atoms with Crippen LogP contribution in [0.4, 0.5) is 5.13 Å². The number of aromatic nitrogens is 4. The fraction of sp³-hybridized carbons (Fsp3) is 0.421. The SMILES string of the molecule is CCC(CC)c1nnc(NC(=O)CCCc2nc3ccccc3c(=O)[nH]2)s1. The third-order valence-electron chi connectivity index (χ3n) is 4.50. The minimum atomic E-state index is -0.150. The molecule has 0 radical (unpaired) electrons. The summed E-state index contributed by atoms with van der Waals surface area (Å²) in [6.07, 6.45) is 3.47. The molecule has 142 valence electrons. The van der Waals surface area contributed by atoms with Crippen LogP contribution in [0.2, 0.25) is 0 Å². The van der Waals surface area contributed by atoms with E-state index in [-0.39, 0.29) is 11.5 Å². The largest absolute Gasteiger partial charge is 0.310 e. The van der Waals surface area contributed by atoms with Gasteiger partial charge in [0.2, 0.25) is 11.0 Å². The summed E-state index contributed by atoms with van der Waals surface area (Å²) in [6.45, 7) is 4.25. The van der Waals surface area contributed by atoms with E-state index in [4.69, 9.17) is 0 Å². The van der Waals surface area contributed by atoms with Gasteiger partial charge in [0.05, 0.1) is 10.9 Å². The number of hydrogen-bond donors (Lipinski definition) is 2. The molecule has 8 heteroatoms. The molecule has 0 saturated heterocycles. The standard InChI is InChI=1S/C19H23N5O2S/c1-3-12(4-2)18-23-24-19(27-18)22-16(25)11-7-10-15-20-14-9-6-5-8-13(14)17(26)21-15/h5-6,8-9,12H,3-4,7,10-11H2,1-2H3,(H,20,21,26)(H,22,24,25). The smallest absolute Gasteiger partial charge is 0.258 e. The molecule has 0 saturated carbocycles. The van der Waals surface area contributed by atoms with Crippen LogP contribution in [0.15, 0.2) is 29.1 Å². The Balaban J connectivity index is 1.53. The lowest BCUT2D eigenvalue weighted by Crippen LogP contribution is -2.14. The summed E-state index contributed by atoms with van der Waals surface area (Å²) in [6, 6.07) is 7.22. The highest BCUT2D eigenvalue weighted by Crippen LogP contribution is 2.28. The van der Waals surface area contributed by atoms with E-state index in [2.05, 4.69) is 39.3 Å². The molecule has 27 heavy (non-hydrogen) atoms. The molecule has 0 aliphatic rings. The lowest BCUT2D eigenvalue weighted by molar-refractivity contribution is -0.116. The van der Waals surface area contributed by atoms with Crippen molar-refractivity contribution in [1.82, 2.24) is 20.2 Å². The topological polar surface area (TPSA) is 101 Å². The highest BCUT2D eigenvalue weighted by atomic mass is 32.1. The van der Waals surface area contributed by atoms with Crippen LogP contribution >= 0.6 is 11.3 Å². The number of nitrogens with one attached hydrogen (secondary N) is 2. The van der Waals surface area contributed by atoms with Crippen molar-refractivity contribution in [3.63, 3.8) is 0 Å². The molecular formula is C19H23N5O2S. The molecule has 1 amide bonds. The van der Waals surface area contributed by atoms with Crippen LogP contribution in [-0.2, 0) is 11.2 Å². The molecule has 7 nitrogen and oxygen atoms in total. The van der Waals surface area contributed by atoms with Crippen LogP contribution in [0, 0.1) is 0 Å². The fourth-order valence-corrected chi connectivity index (χ4v) is 3.97. The number of carbonyl (C=O) groups excluding carboxylic acids is 1. The van der Waals surface area contributed by atoms with Gasteiger partial charge in [0.25, 0.3) is 5.56 Å². The molecule has 2 N–H and O–H groups in total. The van der Waals surface area contributed by atoms with E-state index in [1.54, 1.807) is 6.07 Å². The number of benzene rings is 1. The van der Waals surface area contributed by atoms with E-state index >= 15 is 0 Å². The Hall–Kier alpha value is -2.61. The Labute approximate surface area is 161 Å². The maximum absolute atomic E-state index is 12.1. The Morgan fingerprint density at radius 2 is 2.00 bits per heavy atom. The molecule has 0 bridgehead atoms. The number of nitrogens with zero attached hydrogens (tertiary/aromatic N) is 3. The molecule has 0 fully saturated rings. The summed E-state index contributed by atoms with van der Waals surface area (Å²) >= 11 is 1.44. The molecule has 3 aromatic rings. The molecule has 2 aromatic heterocycles. The van der Waals surface area contributed by atoms with Crippen molar-refractivity contribution >= 4 is 33.3 Å². The first kappa shape index (κ1) is 19.2. The van der Waals surface area contributed by atoms with Gasteiger partial charge in [-0.05, 0) is 31.4 Å². The first-order valence-corrected chi connectivity index (χ1v) is 10.0. The van der Waals surface area contributed by atoms with Crippen molar-refractivity contribution in [1.29, 1.82) is 0 Å². The van der Waals surface area contributed by atoms with E-state index < -0.39 is 0 Å².